The first kappa shape index (κ1) is 19.3. The number of esters is 2. The number of carbonyl (C=O) groups excluding carboxylic acids is 2. The minimum Gasteiger partial charge on any atom is -0.508 e. The molecule has 1 saturated carbocycles. The molecule has 1 saturated heterocycles. The molecule has 0 aromatic heterocycles. The fourth-order valence-corrected chi connectivity index (χ4v) is 3.83. The summed E-state index contributed by atoms with van der Waals surface area (Å²) < 4.78 is 15.2. The van der Waals surface area contributed by atoms with Crippen LogP contribution in [0.15, 0.2) is 30.3 Å². The average molecular weight is 378 g/mol. The highest BCUT2D eigenvalue weighted by Gasteiger charge is 2.61. The molecule has 3 N–H and O–H groups in total. The van der Waals surface area contributed by atoms with Crippen molar-refractivity contribution in [3.8, 4) is 5.75 Å². The first-order valence-corrected chi connectivity index (χ1v) is 8.59. The monoisotopic (exact) mass is 378 g/mol. The Bertz CT molecular complexity index is 728. The van der Waals surface area contributed by atoms with E-state index >= 15 is 0 Å². The third-order valence-electron chi connectivity index (χ3n) is 5.13. The van der Waals surface area contributed by atoms with E-state index in [-0.39, 0.29) is 25.2 Å². The van der Waals surface area contributed by atoms with Crippen LogP contribution in [0.5, 0.6) is 5.75 Å². The van der Waals surface area contributed by atoms with Gasteiger partial charge in [-0.1, -0.05) is 12.1 Å². The molecular formula is C19H22O8. The predicted octanol–water partition coefficient (Wildman–Crippen LogP) is 0.596. The summed E-state index contributed by atoms with van der Waals surface area (Å²) in [4.78, 5) is 23.9. The van der Waals surface area contributed by atoms with Crippen molar-refractivity contribution in [3.05, 3.63) is 35.9 Å². The molecule has 8 nitrogen and oxygen atoms in total. The van der Waals surface area contributed by atoms with Gasteiger partial charge in [0.1, 0.15) is 11.9 Å². The maximum atomic E-state index is 12.2. The summed E-state index contributed by atoms with van der Waals surface area (Å²) in [6.07, 6.45) is 0.723. The molecule has 1 aliphatic heterocycles. The summed E-state index contributed by atoms with van der Waals surface area (Å²) in [6.45, 7) is -0.0894. The minimum atomic E-state index is -1.36. The Labute approximate surface area is 156 Å². The fraction of sp³-hybridized carbons (Fsp3) is 0.474. The second-order valence-corrected chi connectivity index (χ2v) is 6.88. The van der Waals surface area contributed by atoms with Gasteiger partial charge >= 0.3 is 11.9 Å². The molecule has 1 heterocycles. The number of phenols is 1. The third kappa shape index (κ3) is 4.13. The van der Waals surface area contributed by atoms with Gasteiger partial charge in [-0.25, -0.2) is 4.79 Å². The number of ether oxygens (including phenoxy) is 3. The van der Waals surface area contributed by atoms with E-state index in [1.807, 2.05) is 0 Å². The maximum absolute atomic E-state index is 12.2. The van der Waals surface area contributed by atoms with Crippen molar-refractivity contribution in [2.24, 2.45) is 11.8 Å². The molecule has 1 aromatic carbocycles. The van der Waals surface area contributed by atoms with Crippen molar-refractivity contribution >= 4 is 18.0 Å². The number of carbonyl (C=O) groups is 2. The zero-order valence-electron chi connectivity index (χ0n) is 14.8. The second-order valence-electron chi connectivity index (χ2n) is 6.88. The van der Waals surface area contributed by atoms with Crippen LogP contribution in [-0.4, -0.2) is 59.0 Å². The molecule has 0 amide bonds. The number of aliphatic hydroxyl groups excluding tert-OH is 1. The number of aliphatic hydroxyl groups is 2. The number of methoxy groups -OCH3 is 1. The Morgan fingerprint density at radius 1 is 1.33 bits per heavy atom. The Balaban J connectivity index is 1.70. The number of rotatable bonds is 5. The van der Waals surface area contributed by atoms with Gasteiger partial charge in [0.15, 0.2) is 6.29 Å². The molecule has 8 heteroatoms. The van der Waals surface area contributed by atoms with E-state index in [0.717, 1.165) is 0 Å². The molecule has 27 heavy (non-hydrogen) atoms. The summed E-state index contributed by atoms with van der Waals surface area (Å²) in [5.74, 6) is -2.40. The quantitative estimate of drug-likeness (QED) is 0.503. The Morgan fingerprint density at radius 2 is 2.04 bits per heavy atom. The number of benzene rings is 1. The van der Waals surface area contributed by atoms with Gasteiger partial charge in [-0.05, 0) is 23.8 Å². The van der Waals surface area contributed by atoms with Crippen LogP contribution in [0.2, 0.25) is 0 Å². The van der Waals surface area contributed by atoms with Crippen LogP contribution in [0.3, 0.4) is 0 Å². The summed E-state index contributed by atoms with van der Waals surface area (Å²) in [6, 6.07) is 6.25. The van der Waals surface area contributed by atoms with E-state index in [4.69, 9.17) is 9.47 Å². The average Bonchev–Trinajstić information content (AvgIpc) is 3.07. The molecule has 2 aliphatic rings. The van der Waals surface area contributed by atoms with Crippen molar-refractivity contribution in [1.82, 2.24) is 0 Å². The summed E-state index contributed by atoms with van der Waals surface area (Å²) in [5, 5.41) is 30.0. The predicted molar refractivity (Wildman–Crippen MR) is 92.2 cm³/mol. The van der Waals surface area contributed by atoms with Gasteiger partial charge < -0.3 is 29.5 Å². The highest BCUT2D eigenvalue weighted by Crippen LogP contribution is 2.49. The van der Waals surface area contributed by atoms with Gasteiger partial charge in [0.05, 0.1) is 25.7 Å². The molecule has 1 aliphatic carbocycles. The number of phenolic OH excluding ortho intramolecular Hbond substituents is 1. The molecule has 2 fully saturated rings. The fourth-order valence-electron chi connectivity index (χ4n) is 3.83. The molecule has 0 bridgehead atoms. The van der Waals surface area contributed by atoms with Crippen LogP contribution in [0.4, 0.5) is 0 Å². The molecule has 3 rings (SSSR count). The van der Waals surface area contributed by atoms with Gasteiger partial charge in [0.2, 0.25) is 0 Å². The summed E-state index contributed by atoms with van der Waals surface area (Å²) in [7, 11) is 1.24. The van der Waals surface area contributed by atoms with Crippen LogP contribution in [0, 0.1) is 11.8 Å². The number of aromatic hydroxyl groups is 1. The van der Waals surface area contributed by atoms with Gasteiger partial charge in [-0.3, -0.25) is 4.79 Å². The first-order valence-electron chi connectivity index (χ1n) is 8.59. The third-order valence-corrected chi connectivity index (χ3v) is 5.13. The van der Waals surface area contributed by atoms with Crippen LogP contribution in [0.25, 0.3) is 6.08 Å². The van der Waals surface area contributed by atoms with Gasteiger partial charge in [0, 0.05) is 24.3 Å². The molecule has 0 unspecified atom stereocenters. The lowest BCUT2D eigenvalue weighted by Crippen LogP contribution is -2.37. The van der Waals surface area contributed by atoms with Crippen LogP contribution in [-0.2, 0) is 23.8 Å². The second kappa shape index (κ2) is 7.67. The van der Waals surface area contributed by atoms with Crippen molar-refractivity contribution in [1.29, 1.82) is 0 Å². The standard InChI is InChI=1S/C19H22O8/c1-25-16(22)8-13-14(9-19(24)10-26-18(23)17(13)19)27-15(21)7-4-11-2-5-12(20)6-3-11/h2-7,13-14,17-18,20,23-24H,8-10H2,1H3/b7-4-/t13-,14+,17+,18-,19+/m0/s1. The van der Waals surface area contributed by atoms with Crippen molar-refractivity contribution < 1.29 is 39.1 Å². The topological polar surface area (TPSA) is 123 Å². The van der Waals surface area contributed by atoms with Crippen LogP contribution < -0.4 is 0 Å². The zero-order valence-corrected chi connectivity index (χ0v) is 14.8. The Hall–Kier alpha value is -2.42. The molecule has 0 spiro atoms. The van der Waals surface area contributed by atoms with E-state index in [9.17, 15) is 24.9 Å². The van der Waals surface area contributed by atoms with Gasteiger partial charge in [0.25, 0.3) is 0 Å². The summed E-state index contributed by atoms with van der Waals surface area (Å²) >= 11 is 0. The lowest BCUT2D eigenvalue weighted by molar-refractivity contribution is -0.155. The van der Waals surface area contributed by atoms with E-state index in [2.05, 4.69) is 4.74 Å². The molecule has 146 valence electrons. The largest absolute Gasteiger partial charge is 0.508 e. The highest BCUT2D eigenvalue weighted by atomic mass is 16.6. The van der Waals surface area contributed by atoms with E-state index in [1.54, 1.807) is 12.1 Å². The molecular weight excluding hydrogens is 356 g/mol. The van der Waals surface area contributed by atoms with Crippen molar-refractivity contribution in [3.63, 3.8) is 0 Å². The van der Waals surface area contributed by atoms with Crippen molar-refractivity contribution in [2.75, 3.05) is 13.7 Å². The number of fused-ring (bicyclic) bond motifs is 1. The smallest absolute Gasteiger partial charge is 0.331 e. The zero-order chi connectivity index (χ0) is 19.6. The van der Waals surface area contributed by atoms with E-state index in [1.165, 1.54) is 31.4 Å². The molecule has 1 aromatic rings. The number of hydrogen-bond donors (Lipinski definition) is 3. The molecule has 0 radical (unpaired) electrons. The van der Waals surface area contributed by atoms with Crippen LogP contribution >= 0.6 is 0 Å². The molecule has 5 atom stereocenters. The SMILES string of the molecule is COC(=O)C[C@@H]1[C@@H]2[C@@H](O)OC[C@]2(O)C[C@H]1OC(=O)/C=C\c1ccc(O)cc1. The first-order chi connectivity index (χ1) is 12.8. The normalized spacial score (nSPS) is 32.4. The van der Waals surface area contributed by atoms with E-state index in [0.29, 0.717) is 5.56 Å². The van der Waals surface area contributed by atoms with Gasteiger partial charge in [-0.2, -0.15) is 0 Å². The van der Waals surface area contributed by atoms with Gasteiger partial charge in [-0.15, -0.1) is 0 Å². The Morgan fingerprint density at radius 3 is 2.70 bits per heavy atom. The van der Waals surface area contributed by atoms with Crippen molar-refractivity contribution in [2.45, 2.75) is 30.8 Å². The number of hydrogen-bond acceptors (Lipinski definition) is 8. The van der Waals surface area contributed by atoms with E-state index < -0.39 is 41.8 Å². The Kier molecular flexibility index (Phi) is 5.50. The minimum absolute atomic E-state index is 0.0647. The highest BCUT2D eigenvalue weighted by molar-refractivity contribution is 5.87. The lowest BCUT2D eigenvalue weighted by Gasteiger charge is -2.25. The summed E-state index contributed by atoms with van der Waals surface area (Å²) in [5.41, 5.74) is -0.661. The lowest BCUT2D eigenvalue weighted by atomic mass is 9.85. The maximum Gasteiger partial charge on any atom is 0.331 e. The van der Waals surface area contributed by atoms with Crippen LogP contribution in [0.1, 0.15) is 18.4 Å².